The number of nitrogens with two attached hydrogens (primary N) is 1. The highest BCUT2D eigenvalue weighted by atomic mass is 79.9. The molecule has 0 aromatic carbocycles. The van der Waals surface area contributed by atoms with E-state index < -0.39 is 0 Å². The van der Waals surface area contributed by atoms with Crippen LogP contribution in [0.2, 0.25) is 0 Å². The third kappa shape index (κ3) is 4.89. The first-order valence-electron chi connectivity index (χ1n) is 6.91. The Morgan fingerprint density at radius 3 is 2.84 bits per heavy atom. The number of hydrogen-bond donors (Lipinski definition) is 2. The summed E-state index contributed by atoms with van der Waals surface area (Å²) in [5.41, 5.74) is 6.00. The number of amides is 1. The quantitative estimate of drug-likeness (QED) is 0.859. The van der Waals surface area contributed by atoms with E-state index in [0.717, 1.165) is 15.8 Å². The van der Waals surface area contributed by atoms with Crippen molar-refractivity contribution in [3.05, 3.63) is 20.8 Å². The zero-order valence-corrected chi connectivity index (χ0v) is 13.4. The maximum atomic E-state index is 12.0. The van der Waals surface area contributed by atoms with Gasteiger partial charge in [-0.15, -0.1) is 11.3 Å². The summed E-state index contributed by atoms with van der Waals surface area (Å²) in [7, 11) is 0. The van der Waals surface area contributed by atoms with Crippen molar-refractivity contribution in [3.8, 4) is 0 Å². The van der Waals surface area contributed by atoms with Gasteiger partial charge in [-0.25, -0.2) is 0 Å². The molecule has 5 heteroatoms. The molecule has 1 saturated carbocycles. The molecule has 0 saturated heterocycles. The summed E-state index contributed by atoms with van der Waals surface area (Å²) in [4.78, 5) is 13.1. The molecule has 1 amide bonds. The van der Waals surface area contributed by atoms with E-state index in [9.17, 15) is 4.79 Å². The SMILES string of the molecule is NC(CC1CCCCC1)C(=O)NCc1cc(Br)cs1. The molecule has 1 aliphatic rings. The number of halogens is 1. The molecule has 0 bridgehead atoms. The lowest BCUT2D eigenvalue weighted by molar-refractivity contribution is -0.122. The maximum Gasteiger partial charge on any atom is 0.237 e. The highest BCUT2D eigenvalue weighted by Gasteiger charge is 2.21. The largest absolute Gasteiger partial charge is 0.350 e. The zero-order valence-electron chi connectivity index (χ0n) is 11.0. The molecular weight excluding hydrogens is 324 g/mol. The minimum absolute atomic E-state index is 0.0184. The molecule has 1 aromatic heterocycles. The molecule has 1 atom stereocenters. The van der Waals surface area contributed by atoms with Crippen molar-refractivity contribution in [2.75, 3.05) is 0 Å². The first-order valence-corrected chi connectivity index (χ1v) is 8.58. The Morgan fingerprint density at radius 2 is 2.21 bits per heavy atom. The highest BCUT2D eigenvalue weighted by molar-refractivity contribution is 9.10. The summed E-state index contributed by atoms with van der Waals surface area (Å²) in [6, 6.07) is 1.67. The van der Waals surface area contributed by atoms with Crippen molar-refractivity contribution in [2.45, 2.75) is 51.1 Å². The minimum Gasteiger partial charge on any atom is -0.350 e. The molecule has 0 aliphatic heterocycles. The van der Waals surface area contributed by atoms with Crippen molar-refractivity contribution in [1.82, 2.24) is 5.32 Å². The third-order valence-electron chi connectivity index (χ3n) is 3.71. The van der Waals surface area contributed by atoms with Crippen LogP contribution in [0, 0.1) is 5.92 Å². The number of hydrogen-bond acceptors (Lipinski definition) is 3. The van der Waals surface area contributed by atoms with E-state index in [4.69, 9.17) is 5.73 Å². The Labute approximate surface area is 127 Å². The molecule has 3 nitrogen and oxygen atoms in total. The maximum absolute atomic E-state index is 12.0. The van der Waals surface area contributed by atoms with E-state index in [-0.39, 0.29) is 11.9 Å². The van der Waals surface area contributed by atoms with Crippen molar-refractivity contribution >= 4 is 33.2 Å². The number of thiophene rings is 1. The van der Waals surface area contributed by atoms with E-state index in [1.165, 1.54) is 32.1 Å². The summed E-state index contributed by atoms with van der Waals surface area (Å²) in [5, 5.41) is 4.94. The fourth-order valence-corrected chi connectivity index (χ4v) is 4.03. The van der Waals surface area contributed by atoms with E-state index in [1.54, 1.807) is 11.3 Å². The van der Waals surface area contributed by atoms with Gasteiger partial charge in [0.1, 0.15) is 0 Å². The van der Waals surface area contributed by atoms with Gasteiger partial charge < -0.3 is 11.1 Å². The number of carbonyl (C=O) groups excluding carboxylic acids is 1. The van der Waals surface area contributed by atoms with E-state index in [2.05, 4.69) is 21.2 Å². The molecule has 19 heavy (non-hydrogen) atoms. The van der Waals surface area contributed by atoms with E-state index >= 15 is 0 Å². The summed E-state index contributed by atoms with van der Waals surface area (Å²) >= 11 is 5.04. The fourth-order valence-electron chi connectivity index (χ4n) is 2.64. The Bertz CT molecular complexity index is 415. The monoisotopic (exact) mass is 344 g/mol. The van der Waals surface area contributed by atoms with Crippen LogP contribution in [0.15, 0.2) is 15.9 Å². The molecule has 1 heterocycles. The molecule has 1 aliphatic carbocycles. The second-order valence-corrected chi connectivity index (χ2v) is 7.21. The van der Waals surface area contributed by atoms with E-state index in [0.29, 0.717) is 12.5 Å². The highest BCUT2D eigenvalue weighted by Crippen LogP contribution is 2.27. The predicted octanol–water partition coefficient (Wildman–Crippen LogP) is 3.42. The lowest BCUT2D eigenvalue weighted by Crippen LogP contribution is -2.41. The molecule has 1 unspecified atom stereocenters. The van der Waals surface area contributed by atoms with Crippen molar-refractivity contribution in [2.24, 2.45) is 11.7 Å². The van der Waals surface area contributed by atoms with Gasteiger partial charge in [0.25, 0.3) is 0 Å². The fraction of sp³-hybridized carbons (Fsp3) is 0.643. The van der Waals surface area contributed by atoms with Gasteiger partial charge >= 0.3 is 0 Å². The van der Waals surface area contributed by atoms with Crippen LogP contribution in [0.25, 0.3) is 0 Å². The normalized spacial score (nSPS) is 18.2. The second kappa shape index (κ2) is 7.41. The molecule has 106 valence electrons. The van der Waals surface area contributed by atoms with Gasteiger partial charge in [-0.3, -0.25) is 4.79 Å². The summed E-state index contributed by atoms with van der Waals surface area (Å²) in [6.07, 6.45) is 7.23. The molecule has 1 aromatic rings. The van der Waals surface area contributed by atoms with Gasteiger partial charge in [0.2, 0.25) is 5.91 Å². The van der Waals surface area contributed by atoms with Crippen molar-refractivity contribution in [1.29, 1.82) is 0 Å². The Morgan fingerprint density at radius 1 is 1.47 bits per heavy atom. The third-order valence-corrected chi connectivity index (χ3v) is 5.41. The van der Waals surface area contributed by atoms with Gasteiger partial charge in [0.15, 0.2) is 0 Å². The molecule has 3 N–H and O–H groups in total. The van der Waals surface area contributed by atoms with Crippen molar-refractivity contribution < 1.29 is 4.79 Å². The first-order chi connectivity index (χ1) is 9.15. The summed E-state index contributed by atoms with van der Waals surface area (Å²) in [5.74, 6) is 0.625. The second-order valence-electron chi connectivity index (χ2n) is 5.30. The molecular formula is C14H21BrN2OS. The molecule has 2 rings (SSSR count). The smallest absolute Gasteiger partial charge is 0.237 e. The average Bonchev–Trinajstić information content (AvgIpc) is 2.83. The zero-order chi connectivity index (χ0) is 13.7. The van der Waals surface area contributed by atoms with E-state index in [1.807, 2.05) is 11.4 Å². The van der Waals surface area contributed by atoms with Crippen LogP contribution < -0.4 is 11.1 Å². The molecule has 0 radical (unpaired) electrons. The lowest BCUT2D eigenvalue weighted by Gasteiger charge is -2.24. The topological polar surface area (TPSA) is 55.1 Å². The Balaban J connectivity index is 1.72. The van der Waals surface area contributed by atoms with Crippen LogP contribution in [-0.4, -0.2) is 11.9 Å². The Kier molecular flexibility index (Phi) is 5.85. The first kappa shape index (κ1) is 15.0. The molecule has 1 fully saturated rings. The molecule has 0 spiro atoms. The standard InChI is InChI=1S/C14H21BrN2OS/c15-11-7-12(19-9-11)8-17-14(18)13(16)6-10-4-2-1-3-5-10/h7,9-10,13H,1-6,8,16H2,(H,17,18). The van der Waals surface area contributed by atoms with Crippen LogP contribution in [0.3, 0.4) is 0 Å². The average molecular weight is 345 g/mol. The van der Waals surface area contributed by atoms with Crippen LogP contribution in [0.1, 0.15) is 43.4 Å². The van der Waals surface area contributed by atoms with Crippen LogP contribution in [0.5, 0.6) is 0 Å². The predicted molar refractivity (Wildman–Crippen MR) is 83.0 cm³/mol. The number of carbonyl (C=O) groups is 1. The van der Waals surface area contributed by atoms with Gasteiger partial charge in [-0.2, -0.15) is 0 Å². The summed E-state index contributed by atoms with van der Waals surface area (Å²) in [6.45, 7) is 0.577. The van der Waals surface area contributed by atoms with Gasteiger partial charge in [-0.05, 0) is 34.3 Å². The van der Waals surface area contributed by atoms with Gasteiger partial charge in [0, 0.05) is 14.7 Å². The summed E-state index contributed by atoms with van der Waals surface area (Å²) < 4.78 is 1.06. The van der Waals surface area contributed by atoms with Crippen LogP contribution in [-0.2, 0) is 11.3 Å². The number of nitrogens with one attached hydrogen (secondary N) is 1. The van der Waals surface area contributed by atoms with Gasteiger partial charge in [0.05, 0.1) is 12.6 Å². The minimum atomic E-state index is -0.355. The van der Waals surface area contributed by atoms with Gasteiger partial charge in [-0.1, -0.05) is 32.1 Å². The Hall–Kier alpha value is -0.390. The number of rotatable bonds is 5. The lowest BCUT2D eigenvalue weighted by atomic mass is 9.85. The van der Waals surface area contributed by atoms with Crippen LogP contribution in [0.4, 0.5) is 0 Å². The van der Waals surface area contributed by atoms with Crippen LogP contribution >= 0.6 is 27.3 Å². The van der Waals surface area contributed by atoms with Crippen molar-refractivity contribution in [3.63, 3.8) is 0 Å².